The van der Waals surface area contributed by atoms with E-state index < -0.39 is 0 Å². The van der Waals surface area contributed by atoms with E-state index in [1.54, 1.807) is 0 Å². The number of nitrogens with zero attached hydrogens (tertiary/aromatic N) is 2. The van der Waals surface area contributed by atoms with Crippen molar-refractivity contribution in [3.8, 4) is 0 Å². The molecule has 1 saturated heterocycles. The fraction of sp³-hybridized carbons (Fsp3) is 0.696. The van der Waals surface area contributed by atoms with Crippen LogP contribution >= 0.6 is 0 Å². The molecular formula is C23H32N4O2. The van der Waals surface area contributed by atoms with Crippen molar-refractivity contribution in [3.05, 3.63) is 28.6 Å². The Kier molecular flexibility index (Phi) is 4.96. The number of fused-ring (bicyclic) bond motifs is 1. The number of rotatable bonds is 5. The Bertz CT molecular complexity index is 832. The van der Waals surface area contributed by atoms with Crippen molar-refractivity contribution in [1.82, 2.24) is 20.4 Å². The fourth-order valence-electron chi connectivity index (χ4n) is 5.67. The first kappa shape index (κ1) is 18.9. The quantitative estimate of drug-likeness (QED) is 0.751. The van der Waals surface area contributed by atoms with Gasteiger partial charge in [-0.05, 0) is 76.0 Å². The predicted octanol–water partition coefficient (Wildman–Crippen LogP) is 3.15. The first-order valence-corrected chi connectivity index (χ1v) is 11.5. The summed E-state index contributed by atoms with van der Waals surface area (Å²) in [4.78, 5) is 27.5. The first-order chi connectivity index (χ1) is 14.2. The normalized spacial score (nSPS) is 24.9. The summed E-state index contributed by atoms with van der Waals surface area (Å²) in [5, 5.41) is 10.5. The third-order valence-corrected chi connectivity index (χ3v) is 7.69. The minimum atomic E-state index is 0.0710. The maximum absolute atomic E-state index is 12.9. The Morgan fingerprint density at radius 3 is 2.83 bits per heavy atom. The third kappa shape index (κ3) is 3.62. The van der Waals surface area contributed by atoms with E-state index in [1.807, 2.05) is 4.90 Å². The van der Waals surface area contributed by atoms with E-state index in [0.29, 0.717) is 5.69 Å². The van der Waals surface area contributed by atoms with Crippen molar-refractivity contribution < 1.29 is 9.59 Å². The van der Waals surface area contributed by atoms with Crippen molar-refractivity contribution in [2.24, 2.45) is 11.3 Å². The highest BCUT2D eigenvalue weighted by atomic mass is 16.2. The summed E-state index contributed by atoms with van der Waals surface area (Å²) in [6.07, 6.45) is 14.3. The molecule has 156 valence electrons. The molecule has 1 atom stereocenters. The van der Waals surface area contributed by atoms with Crippen molar-refractivity contribution >= 4 is 11.8 Å². The van der Waals surface area contributed by atoms with Gasteiger partial charge in [0.25, 0.3) is 5.91 Å². The van der Waals surface area contributed by atoms with Crippen LogP contribution in [0.3, 0.4) is 0 Å². The van der Waals surface area contributed by atoms with Crippen molar-refractivity contribution in [2.45, 2.75) is 70.6 Å². The molecule has 1 spiro atoms. The number of aromatic amines is 1. The van der Waals surface area contributed by atoms with Gasteiger partial charge in [0.1, 0.15) is 0 Å². The Hall–Kier alpha value is -2.11. The van der Waals surface area contributed by atoms with E-state index in [1.165, 1.54) is 31.3 Å². The fourth-order valence-corrected chi connectivity index (χ4v) is 5.67. The van der Waals surface area contributed by atoms with Gasteiger partial charge in [-0.15, -0.1) is 0 Å². The minimum absolute atomic E-state index is 0.0710. The van der Waals surface area contributed by atoms with Gasteiger partial charge in [0.15, 0.2) is 5.69 Å². The molecule has 0 radical (unpaired) electrons. The molecule has 1 aliphatic heterocycles. The molecule has 1 aromatic heterocycles. The van der Waals surface area contributed by atoms with Gasteiger partial charge in [0, 0.05) is 36.8 Å². The van der Waals surface area contributed by atoms with E-state index in [0.717, 1.165) is 75.8 Å². The van der Waals surface area contributed by atoms with Gasteiger partial charge < -0.3 is 10.2 Å². The second-order valence-electron chi connectivity index (χ2n) is 9.44. The number of aryl methyl sites for hydroxylation is 1. The molecule has 2 fully saturated rings. The average Bonchev–Trinajstić information content (AvgIpc) is 3.06. The van der Waals surface area contributed by atoms with Crippen molar-refractivity contribution in [3.63, 3.8) is 0 Å². The topological polar surface area (TPSA) is 78.1 Å². The highest BCUT2D eigenvalue weighted by Crippen LogP contribution is 2.59. The van der Waals surface area contributed by atoms with Crippen LogP contribution in [0.5, 0.6) is 0 Å². The van der Waals surface area contributed by atoms with Crippen molar-refractivity contribution in [1.29, 1.82) is 0 Å². The monoisotopic (exact) mass is 396 g/mol. The third-order valence-electron chi connectivity index (χ3n) is 7.69. The summed E-state index contributed by atoms with van der Waals surface area (Å²) < 4.78 is 0. The summed E-state index contributed by atoms with van der Waals surface area (Å²) in [6.45, 7) is 2.26. The number of carbonyl (C=O) groups is 2. The molecule has 1 unspecified atom stereocenters. The standard InChI is InChI=1S/C23H32N4O2/c28-21(24-12-9-16-5-2-1-3-6-16)18-15-23(18)10-13-27(14-11-23)22(29)20-17-7-4-8-19(17)25-26-20/h5,18H,1-4,6-15H2,(H,24,28)(H,25,26). The summed E-state index contributed by atoms with van der Waals surface area (Å²) in [6, 6.07) is 0. The van der Waals surface area contributed by atoms with Crippen LogP contribution in [0.25, 0.3) is 0 Å². The zero-order chi connectivity index (χ0) is 19.8. The number of nitrogens with one attached hydrogen (secondary N) is 2. The van der Waals surface area contributed by atoms with Gasteiger partial charge in [0.2, 0.25) is 5.91 Å². The summed E-state index contributed by atoms with van der Waals surface area (Å²) in [7, 11) is 0. The number of aromatic nitrogens is 2. The average molecular weight is 397 g/mol. The highest BCUT2D eigenvalue weighted by Gasteiger charge is 2.58. The van der Waals surface area contributed by atoms with Gasteiger partial charge >= 0.3 is 0 Å². The molecule has 5 rings (SSSR count). The summed E-state index contributed by atoms with van der Waals surface area (Å²) in [5.74, 6) is 0.447. The number of amides is 2. The molecule has 2 amide bonds. The molecule has 6 nitrogen and oxygen atoms in total. The van der Waals surface area contributed by atoms with Crippen LogP contribution in [-0.2, 0) is 17.6 Å². The van der Waals surface area contributed by atoms with E-state index in [9.17, 15) is 9.59 Å². The Morgan fingerprint density at radius 1 is 1.17 bits per heavy atom. The molecule has 4 aliphatic rings. The minimum Gasteiger partial charge on any atom is -0.356 e. The second-order valence-corrected chi connectivity index (χ2v) is 9.44. The number of likely N-dealkylation sites (tertiary alicyclic amines) is 1. The van der Waals surface area contributed by atoms with Gasteiger partial charge in [-0.2, -0.15) is 5.10 Å². The number of carbonyl (C=O) groups excluding carboxylic acids is 2. The molecule has 2 heterocycles. The van der Waals surface area contributed by atoms with Gasteiger partial charge in [0.05, 0.1) is 0 Å². The van der Waals surface area contributed by atoms with Crippen LogP contribution in [0.1, 0.15) is 79.5 Å². The molecule has 0 aromatic carbocycles. The lowest BCUT2D eigenvalue weighted by Crippen LogP contribution is -2.41. The van der Waals surface area contributed by atoms with E-state index in [-0.39, 0.29) is 23.1 Å². The number of hydrogen-bond donors (Lipinski definition) is 2. The molecular weight excluding hydrogens is 364 g/mol. The molecule has 1 saturated carbocycles. The van der Waals surface area contributed by atoms with Crippen LogP contribution in [0, 0.1) is 11.3 Å². The SMILES string of the molecule is O=C(NCCC1=CCCCC1)C1CC12CCN(C(=O)c1n[nH]c3c1CCC3)CC2. The highest BCUT2D eigenvalue weighted by molar-refractivity contribution is 5.94. The maximum Gasteiger partial charge on any atom is 0.274 e. The van der Waals surface area contributed by atoms with Crippen LogP contribution < -0.4 is 5.32 Å². The van der Waals surface area contributed by atoms with Crippen LogP contribution in [0.15, 0.2) is 11.6 Å². The van der Waals surface area contributed by atoms with E-state index in [4.69, 9.17) is 0 Å². The smallest absolute Gasteiger partial charge is 0.274 e. The Balaban J connectivity index is 1.10. The molecule has 0 bridgehead atoms. The molecule has 3 aliphatic carbocycles. The number of hydrogen-bond acceptors (Lipinski definition) is 3. The number of piperidine rings is 1. The predicted molar refractivity (Wildman–Crippen MR) is 110 cm³/mol. The zero-order valence-corrected chi connectivity index (χ0v) is 17.3. The molecule has 29 heavy (non-hydrogen) atoms. The number of H-pyrrole nitrogens is 1. The summed E-state index contributed by atoms with van der Waals surface area (Å²) in [5.41, 5.74) is 4.56. The molecule has 2 N–H and O–H groups in total. The zero-order valence-electron chi connectivity index (χ0n) is 17.3. The lowest BCUT2D eigenvalue weighted by atomic mass is 9.90. The Labute approximate surface area is 172 Å². The van der Waals surface area contributed by atoms with E-state index in [2.05, 4.69) is 21.6 Å². The lowest BCUT2D eigenvalue weighted by Gasteiger charge is -2.32. The Morgan fingerprint density at radius 2 is 2.03 bits per heavy atom. The summed E-state index contributed by atoms with van der Waals surface area (Å²) >= 11 is 0. The first-order valence-electron chi connectivity index (χ1n) is 11.5. The molecule has 6 heteroatoms. The van der Waals surface area contributed by atoms with Crippen LogP contribution in [-0.4, -0.2) is 46.5 Å². The van der Waals surface area contributed by atoms with Crippen LogP contribution in [0.4, 0.5) is 0 Å². The number of allylic oxidation sites excluding steroid dienone is 1. The van der Waals surface area contributed by atoms with Gasteiger partial charge in [-0.1, -0.05) is 11.6 Å². The van der Waals surface area contributed by atoms with Gasteiger partial charge in [-0.25, -0.2) is 0 Å². The maximum atomic E-state index is 12.9. The van der Waals surface area contributed by atoms with E-state index >= 15 is 0 Å². The lowest BCUT2D eigenvalue weighted by molar-refractivity contribution is -0.123. The second kappa shape index (κ2) is 7.62. The van der Waals surface area contributed by atoms with Gasteiger partial charge in [-0.3, -0.25) is 14.7 Å². The van der Waals surface area contributed by atoms with Crippen LogP contribution in [0.2, 0.25) is 0 Å². The van der Waals surface area contributed by atoms with Crippen molar-refractivity contribution in [2.75, 3.05) is 19.6 Å². The molecule has 1 aromatic rings. The largest absolute Gasteiger partial charge is 0.356 e.